The third-order valence-electron chi connectivity index (χ3n) is 4.95. The average molecular weight is 325 g/mol. The molecule has 3 rings (SSSR count). The third-order valence-corrected chi connectivity index (χ3v) is 5.44. The average Bonchev–Trinajstić information content (AvgIpc) is 2.34. The molecule has 1 fully saturated rings. The molecule has 1 aliphatic carbocycles. The second-order valence-corrected chi connectivity index (χ2v) is 7.30. The van der Waals surface area contributed by atoms with Crippen molar-refractivity contribution in [3.8, 4) is 5.75 Å². The lowest BCUT2D eigenvalue weighted by Gasteiger charge is -2.46. The van der Waals surface area contributed by atoms with Gasteiger partial charge in [-0.05, 0) is 43.2 Å². The molecule has 1 saturated carbocycles. The Morgan fingerprint density at radius 2 is 2.05 bits per heavy atom. The first-order chi connectivity index (χ1) is 8.99. The minimum Gasteiger partial charge on any atom is -0.487 e. The van der Waals surface area contributed by atoms with Crippen LogP contribution in [0, 0.1) is 11.8 Å². The fraction of sp³-hybridized carbons (Fsp3) is 0.625. The van der Waals surface area contributed by atoms with Gasteiger partial charge >= 0.3 is 0 Å². The first-order valence-electron chi connectivity index (χ1n) is 7.16. The summed E-state index contributed by atoms with van der Waals surface area (Å²) in [7, 11) is 0. The minimum atomic E-state index is -0.391. The van der Waals surface area contributed by atoms with Crippen molar-refractivity contribution in [3.63, 3.8) is 0 Å². The highest BCUT2D eigenvalue weighted by atomic mass is 79.9. The molecule has 2 aliphatic rings. The molecule has 0 radical (unpaired) electrons. The van der Waals surface area contributed by atoms with E-state index in [1.54, 1.807) is 0 Å². The highest BCUT2D eigenvalue weighted by Crippen LogP contribution is 2.49. The number of hydrogen-bond acceptors (Lipinski definition) is 2. The van der Waals surface area contributed by atoms with Crippen molar-refractivity contribution < 1.29 is 9.84 Å². The van der Waals surface area contributed by atoms with Crippen molar-refractivity contribution in [2.24, 2.45) is 11.8 Å². The molecule has 2 nitrogen and oxygen atoms in total. The maximum absolute atomic E-state index is 10.4. The van der Waals surface area contributed by atoms with Crippen LogP contribution in [-0.2, 0) is 0 Å². The normalized spacial score (nSPS) is 37.8. The number of fused-ring (bicyclic) bond motifs is 1. The molecule has 3 heteroatoms. The summed E-state index contributed by atoms with van der Waals surface area (Å²) in [6.07, 6.45) is 3.65. The van der Waals surface area contributed by atoms with Crippen LogP contribution in [0.3, 0.4) is 0 Å². The molecule has 0 aromatic heterocycles. The Morgan fingerprint density at radius 1 is 1.26 bits per heavy atom. The molecule has 0 saturated heterocycles. The Hall–Kier alpha value is -0.540. The predicted molar refractivity (Wildman–Crippen MR) is 79.3 cm³/mol. The van der Waals surface area contributed by atoms with E-state index in [2.05, 4.69) is 29.8 Å². The first-order valence-corrected chi connectivity index (χ1v) is 7.95. The predicted octanol–water partition coefficient (Wildman–Crippen LogP) is 4.46. The summed E-state index contributed by atoms with van der Waals surface area (Å²) in [5.41, 5.74) is 0.777. The van der Waals surface area contributed by atoms with Crippen molar-refractivity contribution in [1.82, 2.24) is 0 Å². The summed E-state index contributed by atoms with van der Waals surface area (Å²) in [6, 6.07) is 5.92. The standard InChI is InChI=1S/C16H21BrO2/c1-10-5-6-16(8-11(10)2)9-14(18)13-4-3-12(17)7-15(13)19-16/h3-4,7,10-11,14,18H,5-6,8-9H2,1-2H3. The summed E-state index contributed by atoms with van der Waals surface area (Å²) >= 11 is 3.48. The molecule has 1 heterocycles. The van der Waals surface area contributed by atoms with Gasteiger partial charge in [-0.25, -0.2) is 0 Å². The van der Waals surface area contributed by atoms with Crippen LogP contribution in [0.5, 0.6) is 5.75 Å². The minimum absolute atomic E-state index is 0.154. The maximum Gasteiger partial charge on any atom is 0.127 e. The smallest absolute Gasteiger partial charge is 0.127 e. The molecule has 4 atom stereocenters. The summed E-state index contributed by atoms with van der Waals surface area (Å²) < 4.78 is 7.35. The van der Waals surface area contributed by atoms with Crippen LogP contribution in [0.25, 0.3) is 0 Å². The van der Waals surface area contributed by atoms with E-state index in [-0.39, 0.29) is 5.60 Å². The number of aliphatic hydroxyl groups excluding tert-OH is 1. The zero-order valence-electron chi connectivity index (χ0n) is 11.5. The van der Waals surface area contributed by atoms with E-state index in [0.29, 0.717) is 5.92 Å². The Bertz CT molecular complexity index is 488. The largest absolute Gasteiger partial charge is 0.487 e. The zero-order valence-corrected chi connectivity index (χ0v) is 13.1. The van der Waals surface area contributed by atoms with Crippen molar-refractivity contribution in [2.75, 3.05) is 0 Å². The van der Waals surface area contributed by atoms with Crippen LogP contribution in [0.4, 0.5) is 0 Å². The topological polar surface area (TPSA) is 29.5 Å². The van der Waals surface area contributed by atoms with E-state index in [4.69, 9.17) is 4.74 Å². The second-order valence-electron chi connectivity index (χ2n) is 6.38. The van der Waals surface area contributed by atoms with Gasteiger partial charge in [-0.2, -0.15) is 0 Å². The van der Waals surface area contributed by atoms with Crippen molar-refractivity contribution in [2.45, 2.75) is 51.2 Å². The molecule has 1 aromatic rings. The molecule has 1 aliphatic heterocycles. The van der Waals surface area contributed by atoms with Crippen LogP contribution in [0.1, 0.15) is 51.2 Å². The lowest BCUT2D eigenvalue weighted by atomic mass is 9.70. The summed E-state index contributed by atoms with van der Waals surface area (Å²) in [4.78, 5) is 0. The SMILES string of the molecule is CC1CCC2(CC(O)c3ccc(Br)cc3O2)CC1C. The Balaban J connectivity index is 1.91. The van der Waals surface area contributed by atoms with E-state index in [9.17, 15) is 5.11 Å². The van der Waals surface area contributed by atoms with E-state index in [0.717, 1.165) is 41.0 Å². The fourth-order valence-corrected chi connectivity index (χ4v) is 3.89. The monoisotopic (exact) mass is 324 g/mol. The third kappa shape index (κ3) is 2.43. The van der Waals surface area contributed by atoms with Crippen LogP contribution in [0.15, 0.2) is 22.7 Å². The highest BCUT2D eigenvalue weighted by molar-refractivity contribution is 9.10. The zero-order chi connectivity index (χ0) is 13.6. The fourth-order valence-electron chi connectivity index (χ4n) is 3.55. The first kappa shape index (κ1) is 13.4. The highest BCUT2D eigenvalue weighted by Gasteiger charge is 2.44. The summed E-state index contributed by atoms with van der Waals surface area (Å²) in [5.74, 6) is 2.28. The number of aliphatic hydroxyl groups is 1. The van der Waals surface area contributed by atoms with E-state index >= 15 is 0 Å². The summed E-state index contributed by atoms with van der Waals surface area (Å²) in [5, 5.41) is 10.4. The number of benzene rings is 1. The Morgan fingerprint density at radius 3 is 2.79 bits per heavy atom. The van der Waals surface area contributed by atoms with Crippen molar-refractivity contribution in [1.29, 1.82) is 0 Å². The number of halogens is 1. The Labute approximate surface area is 123 Å². The van der Waals surface area contributed by atoms with Gasteiger partial charge in [0.25, 0.3) is 0 Å². The number of rotatable bonds is 0. The molecule has 0 amide bonds. The second kappa shape index (κ2) is 4.78. The van der Waals surface area contributed by atoms with Crippen LogP contribution < -0.4 is 4.74 Å². The van der Waals surface area contributed by atoms with Gasteiger partial charge in [0.05, 0.1) is 6.10 Å². The van der Waals surface area contributed by atoms with Gasteiger partial charge in [0.15, 0.2) is 0 Å². The molecule has 4 unspecified atom stereocenters. The maximum atomic E-state index is 10.4. The van der Waals surface area contributed by atoms with Gasteiger partial charge in [0.2, 0.25) is 0 Å². The van der Waals surface area contributed by atoms with E-state index in [1.165, 1.54) is 6.42 Å². The molecule has 1 N–H and O–H groups in total. The van der Waals surface area contributed by atoms with Gasteiger partial charge in [-0.3, -0.25) is 0 Å². The summed E-state index contributed by atoms with van der Waals surface area (Å²) in [6.45, 7) is 4.62. The van der Waals surface area contributed by atoms with Gasteiger partial charge < -0.3 is 9.84 Å². The molecule has 1 aromatic carbocycles. The van der Waals surface area contributed by atoms with Gasteiger partial charge in [-0.1, -0.05) is 35.8 Å². The molecular weight excluding hydrogens is 304 g/mol. The van der Waals surface area contributed by atoms with Gasteiger partial charge in [-0.15, -0.1) is 0 Å². The molecule has 19 heavy (non-hydrogen) atoms. The van der Waals surface area contributed by atoms with Gasteiger partial charge in [0, 0.05) is 16.5 Å². The lowest BCUT2D eigenvalue weighted by molar-refractivity contribution is -0.0602. The quantitative estimate of drug-likeness (QED) is 0.763. The van der Waals surface area contributed by atoms with Crippen LogP contribution in [-0.4, -0.2) is 10.7 Å². The molecular formula is C16H21BrO2. The molecule has 1 spiro atoms. The van der Waals surface area contributed by atoms with Gasteiger partial charge in [0.1, 0.15) is 11.4 Å². The lowest BCUT2D eigenvalue weighted by Crippen LogP contribution is -2.46. The van der Waals surface area contributed by atoms with E-state index in [1.807, 2.05) is 18.2 Å². The number of ether oxygens (including phenoxy) is 1. The molecule has 104 valence electrons. The number of hydrogen-bond donors (Lipinski definition) is 1. The van der Waals surface area contributed by atoms with Crippen LogP contribution in [0.2, 0.25) is 0 Å². The van der Waals surface area contributed by atoms with Crippen molar-refractivity contribution in [3.05, 3.63) is 28.2 Å². The molecule has 0 bridgehead atoms. The Kier molecular flexibility index (Phi) is 3.38. The van der Waals surface area contributed by atoms with E-state index < -0.39 is 6.10 Å². The van der Waals surface area contributed by atoms with Crippen LogP contribution >= 0.6 is 15.9 Å². The van der Waals surface area contributed by atoms with Crippen molar-refractivity contribution >= 4 is 15.9 Å².